The number of hydrogen-bond donors (Lipinski definition) is 2. The van der Waals surface area contributed by atoms with Crippen LogP contribution in [0.2, 0.25) is 0 Å². The number of nitrogens with one attached hydrogen (secondary N) is 1. The molecule has 1 fully saturated rings. The van der Waals surface area contributed by atoms with Crippen molar-refractivity contribution in [3.05, 3.63) is 12.7 Å². The van der Waals surface area contributed by atoms with Crippen molar-refractivity contribution in [2.24, 2.45) is 11.7 Å². The minimum atomic E-state index is -0.662. The van der Waals surface area contributed by atoms with Gasteiger partial charge in [-0.15, -0.1) is 0 Å². The first kappa shape index (κ1) is 15.2. The summed E-state index contributed by atoms with van der Waals surface area (Å²) in [5.41, 5.74) is 5.29. The van der Waals surface area contributed by atoms with Gasteiger partial charge in [0, 0.05) is 6.54 Å². The number of likely N-dealkylation sites (tertiary alicyclic amines) is 1. The van der Waals surface area contributed by atoms with Gasteiger partial charge in [-0.3, -0.25) is 14.4 Å². The van der Waals surface area contributed by atoms with Gasteiger partial charge >= 0.3 is 0 Å². The van der Waals surface area contributed by atoms with Crippen LogP contribution >= 0.6 is 0 Å². The topological polar surface area (TPSA) is 92.5 Å². The Kier molecular flexibility index (Phi) is 5.09. The quantitative estimate of drug-likeness (QED) is 0.675. The molecule has 3 N–H and O–H groups in total. The molecule has 1 saturated heterocycles. The molecule has 0 aromatic rings. The predicted octanol–water partition coefficient (Wildman–Crippen LogP) is -0.210. The van der Waals surface area contributed by atoms with E-state index in [4.69, 9.17) is 5.73 Å². The predicted molar refractivity (Wildman–Crippen MR) is 70.9 cm³/mol. The van der Waals surface area contributed by atoms with Crippen LogP contribution in [0.15, 0.2) is 12.7 Å². The smallest absolute Gasteiger partial charge is 0.246 e. The van der Waals surface area contributed by atoms with Gasteiger partial charge in [0.25, 0.3) is 0 Å². The second kappa shape index (κ2) is 6.36. The van der Waals surface area contributed by atoms with Crippen molar-refractivity contribution in [3.8, 4) is 0 Å². The van der Waals surface area contributed by atoms with Crippen LogP contribution in [-0.2, 0) is 14.4 Å². The van der Waals surface area contributed by atoms with Crippen LogP contribution < -0.4 is 11.1 Å². The fourth-order valence-electron chi connectivity index (χ4n) is 2.23. The van der Waals surface area contributed by atoms with Crippen LogP contribution in [-0.4, -0.2) is 41.2 Å². The molecule has 3 amide bonds. The van der Waals surface area contributed by atoms with E-state index in [1.54, 1.807) is 0 Å². The lowest BCUT2D eigenvalue weighted by molar-refractivity contribution is -0.141. The zero-order chi connectivity index (χ0) is 14.6. The summed E-state index contributed by atoms with van der Waals surface area (Å²) in [5.74, 6) is -1.23. The molecule has 0 bridgehead atoms. The van der Waals surface area contributed by atoms with Gasteiger partial charge in [0.05, 0.1) is 0 Å². The average Bonchev–Trinajstić information content (AvgIpc) is 2.83. The van der Waals surface area contributed by atoms with E-state index in [-0.39, 0.29) is 11.8 Å². The largest absolute Gasteiger partial charge is 0.368 e. The van der Waals surface area contributed by atoms with Crippen molar-refractivity contribution in [1.82, 2.24) is 10.2 Å². The molecule has 106 valence electrons. The monoisotopic (exact) mass is 267 g/mol. The van der Waals surface area contributed by atoms with Crippen molar-refractivity contribution in [1.29, 1.82) is 0 Å². The Morgan fingerprint density at radius 3 is 2.53 bits per heavy atom. The van der Waals surface area contributed by atoms with Gasteiger partial charge in [-0.25, -0.2) is 0 Å². The maximum atomic E-state index is 12.4. The maximum Gasteiger partial charge on any atom is 0.246 e. The number of hydrogen-bond acceptors (Lipinski definition) is 3. The first-order valence-electron chi connectivity index (χ1n) is 6.41. The van der Waals surface area contributed by atoms with Crippen molar-refractivity contribution in [3.63, 3.8) is 0 Å². The third-order valence-electron chi connectivity index (χ3n) is 3.28. The second-order valence-corrected chi connectivity index (χ2v) is 5.03. The van der Waals surface area contributed by atoms with Crippen LogP contribution in [0, 0.1) is 5.92 Å². The van der Waals surface area contributed by atoms with Crippen molar-refractivity contribution < 1.29 is 14.4 Å². The van der Waals surface area contributed by atoms with E-state index in [9.17, 15) is 14.4 Å². The minimum Gasteiger partial charge on any atom is -0.368 e. The van der Waals surface area contributed by atoms with E-state index in [0.717, 1.165) is 12.5 Å². The summed E-state index contributed by atoms with van der Waals surface area (Å²) in [6.07, 6.45) is 2.46. The number of primary amides is 1. The fraction of sp³-hybridized carbons (Fsp3) is 0.615. The number of carbonyl (C=O) groups is 3. The van der Waals surface area contributed by atoms with Gasteiger partial charge in [-0.05, 0) is 24.8 Å². The summed E-state index contributed by atoms with van der Waals surface area (Å²) >= 11 is 0. The molecule has 6 nitrogen and oxygen atoms in total. The molecule has 1 aliphatic heterocycles. The highest BCUT2D eigenvalue weighted by Crippen LogP contribution is 2.19. The Hall–Kier alpha value is -1.85. The summed E-state index contributed by atoms with van der Waals surface area (Å²) in [6, 6.07) is -1.22. The number of amides is 3. The maximum absolute atomic E-state index is 12.4. The highest BCUT2D eigenvalue weighted by molar-refractivity contribution is 5.94. The Labute approximate surface area is 113 Å². The lowest BCUT2D eigenvalue weighted by atomic mass is 10.0. The Morgan fingerprint density at radius 1 is 1.42 bits per heavy atom. The molecule has 1 rings (SSSR count). The molecule has 0 saturated carbocycles. The molecule has 0 aromatic carbocycles. The van der Waals surface area contributed by atoms with E-state index >= 15 is 0 Å². The second-order valence-electron chi connectivity index (χ2n) is 5.03. The minimum absolute atomic E-state index is 0.0782. The standard InChI is InChI=1S/C13H21N3O3/c1-4-10(17)15-11(8(2)3)13(19)16-7-5-6-9(16)12(14)18/h4,8-9,11H,1,5-7H2,2-3H3,(H2,14,18)(H,15,17)/t9-,11+/m0/s1. The molecule has 1 aliphatic rings. The molecule has 0 spiro atoms. The third kappa shape index (κ3) is 3.56. The van der Waals surface area contributed by atoms with Crippen LogP contribution in [0.1, 0.15) is 26.7 Å². The number of carbonyl (C=O) groups excluding carboxylic acids is 3. The zero-order valence-corrected chi connectivity index (χ0v) is 11.4. The molecule has 19 heavy (non-hydrogen) atoms. The van der Waals surface area contributed by atoms with Gasteiger partial charge in [0.1, 0.15) is 12.1 Å². The van der Waals surface area contributed by atoms with E-state index in [1.165, 1.54) is 4.90 Å². The van der Waals surface area contributed by atoms with Crippen molar-refractivity contribution in [2.45, 2.75) is 38.8 Å². The van der Waals surface area contributed by atoms with Crippen LogP contribution in [0.3, 0.4) is 0 Å². The van der Waals surface area contributed by atoms with E-state index in [1.807, 2.05) is 13.8 Å². The fourth-order valence-corrected chi connectivity index (χ4v) is 2.23. The summed E-state index contributed by atoms with van der Waals surface area (Å²) in [7, 11) is 0. The highest BCUT2D eigenvalue weighted by Gasteiger charge is 2.37. The summed E-state index contributed by atoms with van der Waals surface area (Å²) in [5, 5.41) is 2.60. The third-order valence-corrected chi connectivity index (χ3v) is 3.28. The van der Waals surface area contributed by atoms with Gasteiger partial charge in [-0.2, -0.15) is 0 Å². The molecule has 2 atom stereocenters. The number of nitrogens with zero attached hydrogens (tertiary/aromatic N) is 1. The summed E-state index contributed by atoms with van der Waals surface area (Å²) in [6.45, 7) is 7.53. The first-order chi connectivity index (χ1) is 8.88. The average molecular weight is 267 g/mol. The molecule has 0 aromatic heterocycles. The van der Waals surface area contributed by atoms with Crippen molar-refractivity contribution >= 4 is 17.7 Å². The Morgan fingerprint density at radius 2 is 2.05 bits per heavy atom. The highest BCUT2D eigenvalue weighted by atomic mass is 16.2. The van der Waals surface area contributed by atoms with E-state index in [2.05, 4.69) is 11.9 Å². The molecule has 0 radical (unpaired) electrons. The first-order valence-corrected chi connectivity index (χ1v) is 6.41. The Bertz CT molecular complexity index is 393. The zero-order valence-electron chi connectivity index (χ0n) is 11.4. The summed E-state index contributed by atoms with van der Waals surface area (Å²) < 4.78 is 0. The van der Waals surface area contributed by atoms with Crippen LogP contribution in [0.5, 0.6) is 0 Å². The van der Waals surface area contributed by atoms with Crippen LogP contribution in [0.25, 0.3) is 0 Å². The lowest BCUT2D eigenvalue weighted by Gasteiger charge is -2.29. The Balaban J connectivity index is 2.84. The van der Waals surface area contributed by atoms with Gasteiger partial charge < -0.3 is 16.0 Å². The van der Waals surface area contributed by atoms with E-state index in [0.29, 0.717) is 13.0 Å². The molecule has 6 heteroatoms. The van der Waals surface area contributed by atoms with Gasteiger partial charge in [0.2, 0.25) is 17.7 Å². The SMILES string of the molecule is C=CC(=O)N[C@@H](C(=O)N1CCC[C@H]1C(N)=O)C(C)C. The number of nitrogens with two attached hydrogens (primary N) is 1. The lowest BCUT2D eigenvalue weighted by Crippen LogP contribution is -2.54. The van der Waals surface area contributed by atoms with Gasteiger partial charge in [-0.1, -0.05) is 20.4 Å². The molecule has 0 aliphatic carbocycles. The van der Waals surface area contributed by atoms with Crippen LogP contribution in [0.4, 0.5) is 0 Å². The molecular weight excluding hydrogens is 246 g/mol. The van der Waals surface area contributed by atoms with Gasteiger partial charge in [0.15, 0.2) is 0 Å². The molecule has 0 unspecified atom stereocenters. The normalized spacial score (nSPS) is 20.2. The molecular formula is C13H21N3O3. The van der Waals surface area contributed by atoms with Crippen molar-refractivity contribution in [2.75, 3.05) is 6.54 Å². The molecule has 1 heterocycles. The summed E-state index contributed by atoms with van der Waals surface area (Å²) in [4.78, 5) is 36.6. The van der Waals surface area contributed by atoms with E-state index < -0.39 is 23.9 Å². The number of rotatable bonds is 5.